The summed E-state index contributed by atoms with van der Waals surface area (Å²) in [5.41, 5.74) is 5.18. The number of hydrogen-bond acceptors (Lipinski definition) is 3. The maximum absolute atomic E-state index is 12.2. The normalized spacial score (nSPS) is 13.9. The van der Waals surface area contributed by atoms with Crippen LogP contribution in [0.25, 0.3) is 0 Å². The largest absolute Gasteiger partial charge is 0.573 e. The Morgan fingerprint density at radius 2 is 1.96 bits per heavy atom. The molecule has 0 radical (unpaired) electrons. The molecule has 8 heteroatoms. The predicted molar refractivity (Wildman–Crippen MR) is 84.8 cm³/mol. The zero-order valence-corrected chi connectivity index (χ0v) is 14.1. The average molecular weight is 355 g/mol. The summed E-state index contributed by atoms with van der Waals surface area (Å²) in [5, 5.41) is 2.78. The summed E-state index contributed by atoms with van der Waals surface area (Å²) in [4.78, 5) is 12.2. The molecule has 0 saturated heterocycles. The van der Waals surface area contributed by atoms with E-state index in [9.17, 15) is 18.0 Å². The van der Waals surface area contributed by atoms with Crippen LogP contribution in [-0.4, -0.2) is 24.4 Å². The van der Waals surface area contributed by atoms with Crippen molar-refractivity contribution >= 4 is 18.3 Å². The molecule has 1 amide bonds. The van der Waals surface area contributed by atoms with Crippen LogP contribution in [0, 0.1) is 5.92 Å². The summed E-state index contributed by atoms with van der Waals surface area (Å²) in [6.45, 7) is 6.03. The molecular weight excluding hydrogens is 333 g/mol. The van der Waals surface area contributed by atoms with Crippen molar-refractivity contribution in [2.45, 2.75) is 39.1 Å². The number of hydrogen-bond donors (Lipinski definition) is 2. The molecule has 0 bridgehead atoms. The number of nitrogens with one attached hydrogen (secondary N) is 1. The molecule has 1 unspecified atom stereocenters. The molecule has 0 spiro atoms. The van der Waals surface area contributed by atoms with Gasteiger partial charge in [0.05, 0.1) is 0 Å². The molecule has 0 fully saturated rings. The Labute approximate surface area is 140 Å². The van der Waals surface area contributed by atoms with Gasteiger partial charge in [-0.15, -0.1) is 25.6 Å². The number of amides is 1. The molecule has 1 atom stereocenters. The Morgan fingerprint density at radius 1 is 1.35 bits per heavy atom. The lowest BCUT2D eigenvalue weighted by molar-refractivity contribution is -0.274. The summed E-state index contributed by atoms with van der Waals surface area (Å²) < 4.78 is 40.4. The monoisotopic (exact) mass is 354 g/mol. The number of carbonyl (C=O) groups is 1. The molecule has 1 aromatic carbocycles. The summed E-state index contributed by atoms with van der Waals surface area (Å²) in [5.74, 6) is -0.603. The highest BCUT2D eigenvalue weighted by molar-refractivity contribution is 5.95. The van der Waals surface area contributed by atoms with Crippen LogP contribution < -0.4 is 15.8 Å². The lowest BCUT2D eigenvalue weighted by Gasteiger charge is -2.31. The highest BCUT2D eigenvalue weighted by Crippen LogP contribution is 2.24. The van der Waals surface area contributed by atoms with Crippen LogP contribution in [-0.2, 0) is 0 Å². The lowest BCUT2D eigenvalue weighted by Crippen LogP contribution is -2.52. The molecule has 1 aromatic rings. The Balaban J connectivity index is 0.00000484. The molecular formula is C15H22ClF3N2O2. The van der Waals surface area contributed by atoms with Crippen LogP contribution >= 0.6 is 12.4 Å². The number of alkyl halides is 3. The summed E-state index contributed by atoms with van der Waals surface area (Å²) >= 11 is 0. The van der Waals surface area contributed by atoms with Crippen molar-refractivity contribution in [1.29, 1.82) is 0 Å². The number of halogens is 4. The third kappa shape index (κ3) is 7.56. The molecule has 23 heavy (non-hydrogen) atoms. The van der Waals surface area contributed by atoms with E-state index in [2.05, 4.69) is 10.1 Å². The van der Waals surface area contributed by atoms with Crippen LogP contribution in [0.1, 0.15) is 37.6 Å². The number of rotatable bonds is 6. The average Bonchev–Trinajstić information content (AvgIpc) is 2.36. The second-order valence-electron chi connectivity index (χ2n) is 5.89. The highest BCUT2D eigenvalue weighted by Gasteiger charge is 2.31. The first kappa shape index (κ1) is 21.5. The first-order chi connectivity index (χ1) is 10.0. The molecule has 3 N–H and O–H groups in total. The smallest absolute Gasteiger partial charge is 0.406 e. The Bertz CT molecular complexity index is 524. The van der Waals surface area contributed by atoms with E-state index in [1.807, 2.05) is 13.8 Å². The standard InChI is InChI=1S/C15H21F3N2O2.ClH/c1-10(2)8-14(3,9-19)20-13(21)11-5-4-6-12(7-11)22-15(16,17)18;/h4-7,10H,8-9,19H2,1-3H3,(H,20,21);1H. The van der Waals surface area contributed by atoms with Crippen LogP contribution in [0.5, 0.6) is 5.75 Å². The lowest BCUT2D eigenvalue weighted by atomic mass is 9.90. The number of ether oxygens (including phenoxy) is 1. The van der Waals surface area contributed by atoms with Crippen LogP contribution in [0.4, 0.5) is 13.2 Å². The van der Waals surface area contributed by atoms with E-state index >= 15 is 0 Å². The van der Waals surface area contributed by atoms with Gasteiger partial charge in [0, 0.05) is 17.6 Å². The topological polar surface area (TPSA) is 64.3 Å². The van der Waals surface area contributed by atoms with Crippen molar-refractivity contribution < 1.29 is 22.7 Å². The van der Waals surface area contributed by atoms with Crippen LogP contribution in [0.3, 0.4) is 0 Å². The molecule has 132 valence electrons. The van der Waals surface area contributed by atoms with Gasteiger partial charge in [-0.2, -0.15) is 0 Å². The maximum atomic E-state index is 12.2. The molecule has 0 heterocycles. The number of nitrogens with two attached hydrogens (primary N) is 1. The minimum Gasteiger partial charge on any atom is -0.406 e. The van der Waals surface area contributed by atoms with E-state index in [0.717, 1.165) is 12.1 Å². The fourth-order valence-corrected chi connectivity index (χ4v) is 2.27. The Kier molecular flexibility index (Phi) is 7.86. The van der Waals surface area contributed by atoms with Crippen LogP contribution in [0.15, 0.2) is 24.3 Å². The van der Waals surface area contributed by atoms with Gasteiger partial charge >= 0.3 is 6.36 Å². The molecule has 4 nitrogen and oxygen atoms in total. The van der Waals surface area contributed by atoms with Gasteiger partial charge in [0.15, 0.2) is 0 Å². The molecule has 1 rings (SSSR count). The molecule has 0 aromatic heterocycles. The third-order valence-electron chi connectivity index (χ3n) is 3.05. The second-order valence-corrected chi connectivity index (χ2v) is 5.89. The van der Waals surface area contributed by atoms with Gasteiger partial charge in [-0.05, 0) is 37.5 Å². The van der Waals surface area contributed by atoms with E-state index in [1.165, 1.54) is 12.1 Å². The van der Waals surface area contributed by atoms with Crippen molar-refractivity contribution in [3.63, 3.8) is 0 Å². The van der Waals surface area contributed by atoms with Crippen molar-refractivity contribution in [2.75, 3.05) is 6.54 Å². The SMILES string of the molecule is CC(C)CC(C)(CN)NC(=O)c1cccc(OC(F)(F)F)c1.Cl. The highest BCUT2D eigenvalue weighted by atomic mass is 35.5. The third-order valence-corrected chi connectivity index (χ3v) is 3.05. The molecule has 0 aliphatic rings. The maximum Gasteiger partial charge on any atom is 0.573 e. The van der Waals surface area contributed by atoms with Gasteiger partial charge in [-0.25, -0.2) is 0 Å². The van der Waals surface area contributed by atoms with E-state index in [-0.39, 0.29) is 24.5 Å². The minimum atomic E-state index is -4.79. The van der Waals surface area contributed by atoms with E-state index in [4.69, 9.17) is 5.73 Å². The predicted octanol–water partition coefficient (Wildman–Crippen LogP) is 3.50. The van der Waals surface area contributed by atoms with Crippen molar-refractivity contribution in [3.05, 3.63) is 29.8 Å². The fraction of sp³-hybridized carbons (Fsp3) is 0.533. The second kappa shape index (κ2) is 8.40. The van der Waals surface area contributed by atoms with E-state index in [0.29, 0.717) is 12.3 Å². The van der Waals surface area contributed by atoms with Gasteiger partial charge in [0.25, 0.3) is 5.91 Å². The van der Waals surface area contributed by atoms with Gasteiger partial charge in [-0.1, -0.05) is 19.9 Å². The fourth-order valence-electron chi connectivity index (χ4n) is 2.27. The van der Waals surface area contributed by atoms with E-state index < -0.39 is 23.6 Å². The van der Waals surface area contributed by atoms with Gasteiger partial charge < -0.3 is 15.8 Å². The first-order valence-corrected chi connectivity index (χ1v) is 6.93. The summed E-state index contributed by atoms with van der Waals surface area (Å²) in [6, 6.07) is 4.94. The van der Waals surface area contributed by atoms with Gasteiger partial charge in [0.2, 0.25) is 0 Å². The minimum absolute atomic E-state index is 0. The van der Waals surface area contributed by atoms with Crippen molar-refractivity contribution in [2.24, 2.45) is 11.7 Å². The molecule has 0 aliphatic heterocycles. The molecule has 0 saturated carbocycles. The summed E-state index contributed by atoms with van der Waals surface area (Å²) in [6.07, 6.45) is -4.13. The Hall–Kier alpha value is -1.47. The zero-order valence-electron chi connectivity index (χ0n) is 13.2. The molecule has 0 aliphatic carbocycles. The number of carbonyl (C=O) groups excluding carboxylic acids is 1. The number of benzene rings is 1. The van der Waals surface area contributed by atoms with Crippen LogP contribution in [0.2, 0.25) is 0 Å². The quantitative estimate of drug-likeness (QED) is 0.821. The zero-order chi connectivity index (χ0) is 17.0. The van der Waals surface area contributed by atoms with Crippen molar-refractivity contribution in [1.82, 2.24) is 5.32 Å². The summed E-state index contributed by atoms with van der Waals surface area (Å²) in [7, 11) is 0. The Morgan fingerprint density at radius 3 is 2.43 bits per heavy atom. The van der Waals surface area contributed by atoms with Crippen molar-refractivity contribution in [3.8, 4) is 5.75 Å². The first-order valence-electron chi connectivity index (χ1n) is 6.93. The van der Waals surface area contributed by atoms with Gasteiger partial charge in [0.1, 0.15) is 5.75 Å². The van der Waals surface area contributed by atoms with Gasteiger partial charge in [-0.3, -0.25) is 4.79 Å². The van der Waals surface area contributed by atoms with E-state index in [1.54, 1.807) is 6.92 Å².